The van der Waals surface area contributed by atoms with Crippen LogP contribution in [0.25, 0.3) is 0 Å². The third-order valence-corrected chi connectivity index (χ3v) is 6.29. The van der Waals surface area contributed by atoms with Crippen molar-refractivity contribution >= 4 is 11.9 Å². The van der Waals surface area contributed by atoms with Crippen LogP contribution in [0, 0.1) is 5.92 Å². The minimum atomic E-state index is -0.585. The highest BCUT2D eigenvalue weighted by molar-refractivity contribution is 5.91. The fourth-order valence-electron chi connectivity index (χ4n) is 4.21. The van der Waals surface area contributed by atoms with Gasteiger partial charge >= 0.3 is 11.9 Å². The highest BCUT2D eigenvalue weighted by atomic mass is 16.6. The minimum absolute atomic E-state index is 0.0645. The normalized spacial score (nSPS) is 40.0. The molecule has 0 unspecified atom stereocenters. The minimum Gasteiger partial charge on any atom is -0.454 e. The SMILES string of the molecule is C=C1C(=O)O[C@@H]2[C@@H]1C[C@H]1O[C@]1(C)CC/C=C(\C)CC/C=C(\C)[C@@H]2OC(=O)CC. The van der Waals surface area contributed by atoms with Crippen LogP contribution in [-0.4, -0.2) is 35.9 Å². The third-order valence-electron chi connectivity index (χ3n) is 6.29. The van der Waals surface area contributed by atoms with Crippen molar-refractivity contribution in [3.05, 3.63) is 35.5 Å². The van der Waals surface area contributed by atoms with E-state index in [2.05, 4.69) is 32.6 Å². The molecule has 5 nitrogen and oxygen atoms in total. The van der Waals surface area contributed by atoms with Gasteiger partial charge in [-0.15, -0.1) is 0 Å². The lowest BCUT2D eigenvalue weighted by Gasteiger charge is -2.28. The Morgan fingerprint density at radius 2 is 2.07 bits per heavy atom. The number of hydrogen-bond donors (Lipinski definition) is 0. The number of fused-ring (bicyclic) bond motifs is 2. The van der Waals surface area contributed by atoms with Gasteiger partial charge in [0.2, 0.25) is 0 Å². The van der Waals surface area contributed by atoms with Gasteiger partial charge in [-0.1, -0.05) is 31.2 Å². The average molecular weight is 389 g/mol. The first-order valence-electron chi connectivity index (χ1n) is 10.3. The number of esters is 2. The summed E-state index contributed by atoms with van der Waals surface area (Å²) in [7, 11) is 0. The van der Waals surface area contributed by atoms with Crippen LogP contribution in [0.1, 0.15) is 66.2 Å². The molecule has 0 bridgehead atoms. The molecule has 2 aliphatic heterocycles. The van der Waals surface area contributed by atoms with Gasteiger partial charge in [0.1, 0.15) is 6.10 Å². The highest BCUT2D eigenvalue weighted by Crippen LogP contribution is 2.47. The van der Waals surface area contributed by atoms with Gasteiger partial charge in [-0.25, -0.2) is 4.79 Å². The Bertz CT molecular complexity index is 719. The maximum Gasteiger partial charge on any atom is 0.334 e. The van der Waals surface area contributed by atoms with E-state index in [0.717, 1.165) is 31.3 Å². The van der Waals surface area contributed by atoms with Crippen LogP contribution >= 0.6 is 0 Å². The van der Waals surface area contributed by atoms with Gasteiger partial charge in [0, 0.05) is 17.9 Å². The molecule has 0 saturated carbocycles. The maximum atomic E-state index is 12.3. The number of rotatable bonds is 2. The monoisotopic (exact) mass is 388 g/mol. The number of ether oxygens (including phenoxy) is 3. The molecule has 0 N–H and O–H groups in total. The molecular weight excluding hydrogens is 356 g/mol. The van der Waals surface area contributed by atoms with Gasteiger partial charge in [-0.3, -0.25) is 4.79 Å². The fourth-order valence-corrected chi connectivity index (χ4v) is 4.21. The predicted octanol–water partition coefficient (Wildman–Crippen LogP) is 4.42. The molecule has 5 atom stereocenters. The largest absolute Gasteiger partial charge is 0.454 e. The first-order valence-corrected chi connectivity index (χ1v) is 10.3. The van der Waals surface area contributed by atoms with E-state index in [4.69, 9.17) is 14.2 Å². The Morgan fingerprint density at radius 1 is 1.32 bits per heavy atom. The standard InChI is InChI=1S/C23H32O5/c1-6-19(24)26-20-15(3)11-7-9-14(2)10-8-12-23(5)18(28-23)13-17-16(4)22(25)27-21(17)20/h10-11,17-18,20-21H,4,6-9,12-13H2,1-3,5H3/b14-10+,15-11+/t17-,18-,20+,21-,23-/m1/s1. The Morgan fingerprint density at radius 3 is 2.79 bits per heavy atom. The summed E-state index contributed by atoms with van der Waals surface area (Å²) in [6, 6.07) is 0. The topological polar surface area (TPSA) is 65.1 Å². The molecule has 0 aromatic rings. The quantitative estimate of drug-likeness (QED) is 0.303. The van der Waals surface area contributed by atoms with Gasteiger partial charge in [0.25, 0.3) is 0 Å². The summed E-state index contributed by atoms with van der Waals surface area (Å²) < 4.78 is 17.4. The molecule has 2 fully saturated rings. The average Bonchev–Trinajstić information content (AvgIpc) is 3.20. The van der Waals surface area contributed by atoms with Gasteiger partial charge in [-0.2, -0.15) is 0 Å². The van der Waals surface area contributed by atoms with Crippen LogP contribution in [0.2, 0.25) is 0 Å². The molecule has 2 heterocycles. The molecule has 2 saturated heterocycles. The first kappa shape index (κ1) is 20.8. The van der Waals surface area contributed by atoms with Crippen molar-refractivity contribution in [3.8, 4) is 0 Å². The second-order valence-electron chi connectivity index (χ2n) is 8.50. The Balaban J connectivity index is 1.92. The zero-order chi connectivity index (χ0) is 20.5. The second kappa shape index (κ2) is 8.24. The summed E-state index contributed by atoms with van der Waals surface area (Å²) >= 11 is 0. The van der Waals surface area contributed by atoms with Crippen LogP contribution in [0.5, 0.6) is 0 Å². The third kappa shape index (κ3) is 4.40. The number of epoxide rings is 1. The Labute approximate surface area is 167 Å². The summed E-state index contributed by atoms with van der Waals surface area (Å²) in [6.45, 7) is 12.0. The second-order valence-corrected chi connectivity index (χ2v) is 8.50. The van der Waals surface area contributed by atoms with Gasteiger partial charge in [0.15, 0.2) is 6.10 Å². The van der Waals surface area contributed by atoms with Crippen LogP contribution in [0.4, 0.5) is 0 Å². The van der Waals surface area contributed by atoms with Crippen LogP contribution in [0.15, 0.2) is 35.5 Å². The van der Waals surface area contributed by atoms with Crippen molar-refractivity contribution in [1.82, 2.24) is 0 Å². The lowest BCUT2D eigenvalue weighted by molar-refractivity contribution is -0.159. The van der Waals surface area contributed by atoms with Crippen LogP contribution in [0.3, 0.4) is 0 Å². The number of hydrogen-bond acceptors (Lipinski definition) is 5. The van der Waals surface area contributed by atoms with Crippen molar-refractivity contribution in [1.29, 1.82) is 0 Å². The van der Waals surface area contributed by atoms with Gasteiger partial charge in [0.05, 0.1) is 11.7 Å². The summed E-state index contributed by atoms with van der Waals surface area (Å²) in [6.07, 6.45) is 8.01. The van der Waals surface area contributed by atoms with Crippen molar-refractivity contribution in [2.45, 2.75) is 90.1 Å². The lowest BCUT2D eigenvalue weighted by Crippen LogP contribution is -2.37. The van der Waals surface area contributed by atoms with Crippen molar-refractivity contribution in [2.75, 3.05) is 0 Å². The van der Waals surface area contributed by atoms with E-state index in [9.17, 15) is 9.59 Å². The molecule has 3 aliphatic rings. The number of carbonyl (C=O) groups is 2. The van der Waals surface area contributed by atoms with E-state index < -0.39 is 18.2 Å². The molecule has 3 rings (SSSR count). The van der Waals surface area contributed by atoms with E-state index in [1.807, 2.05) is 6.92 Å². The molecule has 0 radical (unpaired) electrons. The molecule has 0 spiro atoms. The van der Waals surface area contributed by atoms with Gasteiger partial charge < -0.3 is 14.2 Å². The van der Waals surface area contributed by atoms with E-state index in [1.165, 1.54) is 5.57 Å². The summed E-state index contributed by atoms with van der Waals surface area (Å²) in [4.78, 5) is 24.4. The summed E-state index contributed by atoms with van der Waals surface area (Å²) in [5, 5.41) is 0. The molecule has 0 aromatic heterocycles. The molecule has 5 heteroatoms. The van der Waals surface area contributed by atoms with E-state index >= 15 is 0 Å². The number of allylic oxidation sites excluding steroid dienone is 3. The zero-order valence-corrected chi connectivity index (χ0v) is 17.5. The fraction of sp³-hybridized carbons (Fsp3) is 0.652. The van der Waals surface area contributed by atoms with E-state index in [0.29, 0.717) is 12.0 Å². The predicted molar refractivity (Wildman–Crippen MR) is 107 cm³/mol. The van der Waals surface area contributed by atoms with Crippen LogP contribution in [-0.2, 0) is 23.8 Å². The summed E-state index contributed by atoms with van der Waals surface area (Å²) in [5.41, 5.74) is 2.56. The van der Waals surface area contributed by atoms with Crippen LogP contribution < -0.4 is 0 Å². The Kier molecular flexibility index (Phi) is 6.13. The molecule has 0 amide bonds. The van der Waals surface area contributed by atoms with Crippen molar-refractivity contribution < 1.29 is 23.8 Å². The maximum absolute atomic E-state index is 12.3. The molecule has 0 aromatic carbocycles. The first-order chi connectivity index (χ1) is 13.2. The van der Waals surface area contributed by atoms with Crippen molar-refractivity contribution in [2.24, 2.45) is 5.92 Å². The molecular formula is C23H32O5. The van der Waals surface area contributed by atoms with E-state index in [1.54, 1.807) is 6.92 Å². The Hall–Kier alpha value is -1.88. The van der Waals surface area contributed by atoms with Crippen molar-refractivity contribution in [3.63, 3.8) is 0 Å². The van der Waals surface area contributed by atoms with Gasteiger partial charge in [-0.05, 0) is 58.4 Å². The number of carbonyl (C=O) groups excluding carboxylic acids is 2. The summed E-state index contributed by atoms with van der Waals surface area (Å²) in [5.74, 6) is -0.906. The van der Waals surface area contributed by atoms with E-state index in [-0.39, 0.29) is 30.0 Å². The highest BCUT2D eigenvalue weighted by Gasteiger charge is 2.56. The molecule has 154 valence electrons. The lowest BCUT2D eigenvalue weighted by atomic mass is 9.84. The zero-order valence-electron chi connectivity index (χ0n) is 17.5. The molecule has 28 heavy (non-hydrogen) atoms. The molecule has 1 aliphatic carbocycles. The smallest absolute Gasteiger partial charge is 0.334 e.